The monoisotopic (exact) mass is 260 g/mol. The number of rotatable bonds is 4. The number of nitrogens with two attached hydrogens (primary N) is 1. The minimum atomic E-state index is -0.303. The Morgan fingerprint density at radius 3 is 3.00 bits per heavy atom. The van der Waals surface area contributed by atoms with Crippen molar-refractivity contribution in [2.24, 2.45) is 10.7 Å². The molecule has 0 aliphatic rings. The SMILES string of the molecule is NC(=NCCCO)NC(=O)c1c[nH]c2ccccc12. The Kier molecular flexibility index (Phi) is 4.15. The first-order valence-corrected chi connectivity index (χ1v) is 6.00. The van der Waals surface area contributed by atoms with Crippen LogP contribution in [-0.4, -0.2) is 35.1 Å². The normalized spacial score (nSPS) is 11.7. The Morgan fingerprint density at radius 2 is 2.21 bits per heavy atom. The highest BCUT2D eigenvalue weighted by molar-refractivity contribution is 6.12. The molecule has 0 spiro atoms. The van der Waals surface area contributed by atoms with E-state index in [4.69, 9.17) is 10.8 Å². The molecule has 0 aliphatic carbocycles. The van der Waals surface area contributed by atoms with Gasteiger partial charge in [-0.25, -0.2) is 0 Å². The highest BCUT2D eigenvalue weighted by Crippen LogP contribution is 2.17. The Balaban J connectivity index is 2.10. The minimum absolute atomic E-state index is 0.0488. The molecular weight excluding hydrogens is 244 g/mol. The van der Waals surface area contributed by atoms with Crippen molar-refractivity contribution in [1.82, 2.24) is 10.3 Å². The number of aliphatic hydroxyl groups is 1. The summed E-state index contributed by atoms with van der Waals surface area (Å²) in [5, 5.41) is 12.0. The molecule has 1 heterocycles. The molecule has 2 rings (SSSR count). The summed E-state index contributed by atoms with van der Waals surface area (Å²) in [4.78, 5) is 19.0. The van der Waals surface area contributed by atoms with Crippen molar-refractivity contribution in [1.29, 1.82) is 0 Å². The smallest absolute Gasteiger partial charge is 0.260 e. The van der Waals surface area contributed by atoms with Gasteiger partial charge in [-0.1, -0.05) is 18.2 Å². The van der Waals surface area contributed by atoms with Crippen LogP contribution in [0.1, 0.15) is 16.8 Å². The van der Waals surface area contributed by atoms with E-state index in [1.54, 1.807) is 6.20 Å². The molecule has 6 heteroatoms. The number of H-pyrrole nitrogens is 1. The first kappa shape index (κ1) is 13.1. The van der Waals surface area contributed by atoms with Crippen LogP contribution in [0, 0.1) is 0 Å². The van der Waals surface area contributed by atoms with Gasteiger partial charge in [-0.05, 0) is 12.5 Å². The summed E-state index contributed by atoms with van der Waals surface area (Å²) in [5.41, 5.74) is 7.01. The number of para-hydroxylation sites is 1. The molecule has 0 unspecified atom stereocenters. The average Bonchev–Trinajstić information content (AvgIpc) is 2.83. The first-order chi connectivity index (χ1) is 9.22. The summed E-state index contributed by atoms with van der Waals surface area (Å²) in [6, 6.07) is 7.52. The zero-order valence-electron chi connectivity index (χ0n) is 10.4. The molecule has 6 nitrogen and oxygen atoms in total. The largest absolute Gasteiger partial charge is 0.396 e. The van der Waals surface area contributed by atoms with Gasteiger partial charge in [-0.3, -0.25) is 15.1 Å². The Hall–Kier alpha value is -2.34. The molecule has 1 aromatic carbocycles. The lowest BCUT2D eigenvalue weighted by Gasteiger charge is -2.03. The number of hydrogen-bond donors (Lipinski definition) is 4. The number of hydrogen-bond acceptors (Lipinski definition) is 3. The third-order valence-corrected chi connectivity index (χ3v) is 2.67. The van der Waals surface area contributed by atoms with Crippen LogP contribution in [-0.2, 0) is 0 Å². The van der Waals surface area contributed by atoms with Gasteiger partial charge in [0.1, 0.15) is 0 Å². The van der Waals surface area contributed by atoms with Gasteiger partial charge < -0.3 is 15.8 Å². The summed E-state index contributed by atoms with van der Waals surface area (Å²) in [7, 11) is 0. The van der Waals surface area contributed by atoms with Crippen LogP contribution >= 0.6 is 0 Å². The van der Waals surface area contributed by atoms with Crippen molar-refractivity contribution in [3.05, 3.63) is 36.0 Å². The number of aliphatic hydroxyl groups excluding tert-OH is 1. The maximum absolute atomic E-state index is 12.0. The number of nitrogens with one attached hydrogen (secondary N) is 2. The molecule has 0 bridgehead atoms. The van der Waals surface area contributed by atoms with E-state index in [-0.39, 0.29) is 18.5 Å². The topological polar surface area (TPSA) is 104 Å². The number of carbonyl (C=O) groups is 1. The third kappa shape index (κ3) is 3.11. The van der Waals surface area contributed by atoms with Crippen molar-refractivity contribution >= 4 is 22.8 Å². The van der Waals surface area contributed by atoms with E-state index in [9.17, 15) is 4.79 Å². The zero-order chi connectivity index (χ0) is 13.7. The number of aromatic nitrogens is 1. The van der Waals surface area contributed by atoms with Crippen molar-refractivity contribution in [3.63, 3.8) is 0 Å². The number of amides is 1. The molecule has 100 valence electrons. The number of guanidine groups is 1. The summed E-state index contributed by atoms with van der Waals surface area (Å²) in [6.07, 6.45) is 2.16. The number of aliphatic imine (C=N–C) groups is 1. The molecule has 1 amide bonds. The maximum Gasteiger partial charge on any atom is 0.260 e. The predicted molar refractivity (Wildman–Crippen MR) is 74.0 cm³/mol. The minimum Gasteiger partial charge on any atom is -0.396 e. The highest BCUT2D eigenvalue weighted by atomic mass is 16.3. The van der Waals surface area contributed by atoms with E-state index < -0.39 is 0 Å². The van der Waals surface area contributed by atoms with Crippen LogP contribution < -0.4 is 11.1 Å². The molecule has 2 aromatic rings. The van der Waals surface area contributed by atoms with E-state index in [0.29, 0.717) is 18.5 Å². The van der Waals surface area contributed by atoms with Gasteiger partial charge >= 0.3 is 0 Å². The van der Waals surface area contributed by atoms with Gasteiger partial charge in [-0.2, -0.15) is 0 Å². The molecule has 0 fully saturated rings. The molecule has 0 radical (unpaired) electrons. The molecular formula is C13H16N4O2. The van der Waals surface area contributed by atoms with Crippen LogP contribution in [0.25, 0.3) is 10.9 Å². The lowest BCUT2D eigenvalue weighted by Crippen LogP contribution is -2.36. The van der Waals surface area contributed by atoms with Crippen LogP contribution in [0.3, 0.4) is 0 Å². The molecule has 0 saturated heterocycles. The quantitative estimate of drug-likeness (QED) is 0.367. The van der Waals surface area contributed by atoms with E-state index in [0.717, 1.165) is 10.9 Å². The van der Waals surface area contributed by atoms with Crippen LogP contribution in [0.5, 0.6) is 0 Å². The van der Waals surface area contributed by atoms with Crippen molar-refractivity contribution in [2.45, 2.75) is 6.42 Å². The van der Waals surface area contributed by atoms with Gasteiger partial charge in [0.15, 0.2) is 5.96 Å². The molecule has 0 saturated carbocycles. The van der Waals surface area contributed by atoms with Gasteiger partial charge in [0.05, 0.1) is 5.56 Å². The van der Waals surface area contributed by atoms with Crippen molar-refractivity contribution in [2.75, 3.05) is 13.2 Å². The second kappa shape index (κ2) is 6.01. The van der Waals surface area contributed by atoms with Gasteiger partial charge in [0.25, 0.3) is 5.91 Å². The number of fused-ring (bicyclic) bond motifs is 1. The number of nitrogens with zero attached hydrogens (tertiary/aromatic N) is 1. The Morgan fingerprint density at radius 1 is 1.42 bits per heavy atom. The van der Waals surface area contributed by atoms with Crippen molar-refractivity contribution in [3.8, 4) is 0 Å². The molecule has 19 heavy (non-hydrogen) atoms. The second-order valence-electron chi connectivity index (χ2n) is 4.05. The summed E-state index contributed by atoms with van der Waals surface area (Å²) in [6.45, 7) is 0.434. The third-order valence-electron chi connectivity index (χ3n) is 2.67. The molecule has 0 aliphatic heterocycles. The fourth-order valence-electron chi connectivity index (χ4n) is 1.75. The fraction of sp³-hybridized carbons (Fsp3) is 0.231. The average molecular weight is 260 g/mol. The first-order valence-electron chi connectivity index (χ1n) is 6.00. The fourth-order valence-corrected chi connectivity index (χ4v) is 1.75. The lowest BCUT2D eigenvalue weighted by atomic mass is 10.1. The number of carbonyl (C=O) groups excluding carboxylic acids is 1. The highest BCUT2D eigenvalue weighted by Gasteiger charge is 2.11. The van der Waals surface area contributed by atoms with E-state index in [1.807, 2.05) is 24.3 Å². The van der Waals surface area contributed by atoms with Crippen LogP contribution in [0.2, 0.25) is 0 Å². The predicted octanol–water partition coefficient (Wildman–Crippen LogP) is 0.595. The maximum atomic E-state index is 12.0. The van der Waals surface area contributed by atoms with Gasteiger partial charge in [0.2, 0.25) is 0 Å². The van der Waals surface area contributed by atoms with E-state index >= 15 is 0 Å². The van der Waals surface area contributed by atoms with Crippen LogP contribution in [0.4, 0.5) is 0 Å². The number of benzene rings is 1. The summed E-state index contributed by atoms with van der Waals surface area (Å²) >= 11 is 0. The lowest BCUT2D eigenvalue weighted by molar-refractivity contribution is 0.0978. The van der Waals surface area contributed by atoms with Gasteiger partial charge in [0, 0.05) is 30.3 Å². The standard InChI is InChI=1S/C13H16N4O2/c14-13(15-6-3-7-18)17-12(19)10-8-16-11-5-2-1-4-9(10)11/h1-2,4-5,8,16,18H,3,6-7H2,(H3,14,15,17,19). The Labute approximate surface area is 110 Å². The van der Waals surface area contributed by atoms with E-state index in [1.165, 1.54) is 0 Å². The number of aromatic amines is 1. The molecule has 5 N–H and O–H groups in total. The summed E-state index contributed by atoms with van der Waals surface area (Å²) < 4.78 is 0. The van der Waals surface area contributed by atoms with E-state index in [2.05, 4.69) is 15.3 Å². The molecule has 1 aromatic heterocycles. The second-order valence-corrected chi connectivity index (χ2v) is 4.05. The summed E-state index contributed by atoms with van der Waals surface area (Å²) in [5.74, 6) is -0.244. The van der Waals surface area contributed by atoms with Crippen molar-refractivity contribution < 1.29 is 9.90 Å². The molecule has 0 atom stereocenters. The van der Waals surface area contributed by atoms with Gasteiger partial charge in [-0.15, -0.1) is 0 Å². The Bertz CT molecular complexity index is 603. The van der Waals surface area contributed by atoms with Crippen LogP contribution in [0.15, 0.2) is 35.5 Å². The zero-order valence-corrected chi connectivity index (χ0v) is 10.4.